The van der Waals surface area contributed by atoms with E-state index in [0.717, 1.165) is 11.4 Å². The highest BCUT2D eigenvalue weighted by Crippen LogP contribution is 2.25. The van der Waals surface area contributed by atoms with Crippen LogP contribution in [0.2, 0.25) is 10.0 Å². The van der Waals surface area contributed by atoms with Crippen LogP contribution in [-0.4, -0.2) is 15.6 Å². The van der Waals surface area contributed by atoms with E-state index in [1.807, 2.05) is 6.92 Å². The number of carbonyl (C=O) groups is 1. The highest BCUT2D eigenvalue weighted by atomic mass is 35.5. The minimum absolute atomic E-state index is 0.00573. The monoisotopic (exact) mass is 268 g/mol. The second-order valence-electron chi connectivity index (χ2n) is 3.71. The number of halogens is 2. The molecule has 0 saturated carbocycles. The Morgan fingerprint density at radius 2 is 2.00 bits per heavy atom. The first-order valence-corrected chi connectivity index (χ1v) is 5.77. The first-order chi connectivity index (χ1) is 8.00. The second kappa shape index (κ2) is 4.51. The van der Waals surface area contributed by atoms with Crippen LogP contribution in [-0.2, 0) is 0 Å². The zero-order valence-electron chi connectivity index (χ0n) is 9.37. The van der Waals surface area contributed by atoms with Gasteiger partial charge in [-0.1, -0.05) is 23.2 Å². The van der Waals surface area contributed by atoms with Gasteiger partial charge in [0.2, 0.25) is 0 Å². The van der Waals surface area contributed by atoms with E-state index < -0.39 is 0 Å². The van der Waals surface area contributed by atoms with Crippen LogP contribution in [0, 0.1) is 6.92 Å². The second-order valence-corrected chi connectivity index (χ2v) is 4.52. The van der Waals surface area contributed by atoms with Crippen LogP contribution in [0.1, 0.15) is 23.0 Å². The van der Waals surface area contributed by atoms with E-state index in [-0.39, 0.29) is 5.78 Å². The van der Waals surface area contributed by atoms with Gasteiger partial charge in [0.05, 0.1) is 33.2 Å². The van der Waals surface area contributed by atoms with Gasteiger partial charge >= 0.3 is 0 Å². The first-order valence-electron chi connectivity index (χ1n) is 5.01. The number of ketones is 1. The fourth-order valence-electron chi connectivity index (χ4n) is 1.63. The van der Waals surface area contributed by atoms with Gasteiger partial charge in [-0.3, -0.25) is 4.79 Å². The van der Waals surface area contributed by atoms with Crippen molar-refractivity contribution in [1.82, 2.24) is 9.78 Å². The third-order valence-electron chi connectivity index (χ3n) is 2.54. The summed E-state index contributed by atoms with van der Waals surface area (Å²) in [7, 11) is 0. The molecule has 1 aromatic heterocycles. The SMILES string of the molecule is CC(=O)c1cnn(-c2ccc(Cl)c(Cl)c2)c1C. The number of carbonyl (C=O) groups excluding carboxylic acids is 1. The Labute approximate surface area is 109 Å². The molecule has 17 heavy (non-hydrogen) atoms. The van der Waals surface area contributed by atoms with E-state index in [9.17, 15) is 4.79 Å². The van der Waals surface area contributed by atoms with Gasteiger partial charge in [0.1, 0.15) is 0 Å². The molecule has 0 atom stereocenters. The Kier molecular flexibility index (Phi) is 3.22. The lowest BCUT2D eigenvalue weighted by Crippen LogP contribution is -2.01. The number of nitrogens with zero attached hydrogens (tertiary/aromatic N) is 2. The maximum atomic E-state index is 11.3. The van der Waals surface area contributed by atoms with Crippen molar-refractivity contribution in [2.24, 2.45) is 0 Å². The topological polar surface area (TPSA) is 34.9 Å². The van der Waals surface area contributed by atoms with Crippen LogP contribution in [0.5, 0.6) is 0 Å². The molecule has 0 amide bonds. The maximum absolute atomic E-state index is 11.3. The summed E-state index contributed by atoms with van der Waals surface area (Å²) in [4.78, 5) is 11.3. The molecule has 0 N–H and O–H groups in total. The minimum atomic E-state index is -0.00573. The van der Waals surface area contributed by atoms with E-state index in [4.69, 9.17) is 23.2 Å². The third-order valence-corrected chi connectivity index (χ3v) is 3.28. The lowest BCUT2D eigenvalue weighted by atomic mass is 10.2. The molecule has 0 fully saturated rings. The van der Waals surface area contributed by atoms with Crippen molar-refractivity contribution >= 4 is 29.0 Å². The number of hydrogen-bond acceptors (Lipinski definition) is 2. The standard InChI is InChI=1S/C12H10Cl2N2O/c1-7-10(8(2)17)6-15-16(7)9-3-4-11(13)12(14)5-9/h3-6H,1-2H3. The smallest absolute Gasteiger partial charge is 0.163 e. The number of Topliss-reactive ketones (excluding diaryl/α,β-unsaturated/α-hetero) is 1. The molecule has 0 aliphatic rings. The van der Waals surface area contributed by atoms with Crippen LogP contribution < -0.4 is 0 Å². The van der Waals surface area contributed by atoms with Gasteiger partial charge in [-0.05, 0) is 32.0 Å². The summed E-state index contributed by atoms with van der Waals surface area (Å²) in [5.41, 5.74) is 2.18. The third kappa shape index (κ3) is 2.21. The van der Waals surface area contributed by atoms with Crippen molar-refractivity contribution in [3.8, 4) is 5.69 Å². The van der Waals surface area contributed by atoms with Crippen LogP contribution >= 0.6 is 23.2 Å². The van der Waals surface area contributed by atoms with Crippen molar-refractivity contribution < 1.29 is 4.79 Å². The quantitative estimate of drug-likeness (QED) is 0.779. The molecular formula is C12H10Cl2N2O. The van der Waals surface area contributed by atoms with E-state index in [0.29, 0.717) is 15.6 Å². The van der Waals surface area contributed by atoms with E-state index in [2.05, 4.69) is 5.10 Å². The summed E-state index contributed by atoms with van der Waals surface area (Å²) in [6.45, 7) is 3.36. The normalized spacial score (nSPS) is 10.6. The van der Waals surface area contributed by atoms with Crippen LogP contribution in [0.25, 0.3) is 5.69 Å². The predicted octanol–water partition coefficient (Wildman–Crippen LogP) is 3.69. The van der Waals surface area contributed by atoms with Crippen molar-refractivity contribution in [3.05, 3.63) is 45.7 Å². The lowest BCUT2D eigenvalue weighted by molar-refractivity contribution is 0.101. The molecule has 2 aromatic rings. The van der Waals surface area contributed by atoms with Crippen LogP contribution in [0.3, 0.4) is 0 Å². The summed E-state index contributed by atoms with van der Waals surface area (Å²) in [6, 6.07) is 5.22. The Hall–Kier alpha value is -1.32. The summed E-state index contributed by atoms with van der Waals surface area (Å²) >= 11 is 11.8. The van der Waals surface area contributed by atoms with Crippen LogP contribution in [0.15, 0.2) is 24.4 Å². The molecule has 5 heteroatoms. The molecule has 1 heterocycles. The molecule has 0 aliphatic carbocycles. The number of hydrogen-bond donors (Lipinski definition) is 0. The highest BCUT2D eigenvalue weighted by Gasteiger charge is 2.12. The molecule has 0 spiro atoms. The fraction of sp³-hybridized carbons (Fsp3) is 0.167. The zero-order chi connectivity index (χ0) is 12.6. The maximum Gasteiger partial charge on any atom is 0.163 e. The molecule has 0 aliphatic heterocycles. The van der Waals surface area contributed by atoms with Crippen molar-refractivity contribution in [2.75, 3.05) is 0 Å². The van der Waals surface area contributed by atoms with E-state index in [1.54, 1.807) is 29.1 Å². The number of aromatic nitrogens is 2. The van der Waals surface area contributed by atoms with Gasteiger partial charge in [-0.25, -0.2) is 4.68 Å². The molecule has 0 unspecified atom stereocenters. The summed E-state index contributed by atoms with van der Waals surface area (Å²) in [5.74, 6) is -0.00573. The molecule has 2 rings (SSSR count). The van der Waals surface area contributed by atoms with Gasteiger partial charge in [0.15, 0.2) is 5.78 Å². The molecular weight excluding hydrogens is 259 g/mol. The summed E-state index contributed by atoms with van der Waals surface area (Å²) in [5, 5.41) is 5.13. The predicted molar refractivity (Wildman–Crippen MR) is 68.3 cm³/mol. The Morgan fingerprint density at radius 1 is 1.29 bits per heavy atom. The largest absolute Gasteiger partial charge is 0.294 e. The average molecular weight is 269 g/mol. The van der Waals surface area contributed by atoms with Gasteiger partial charge in [0, 0.05) is 0 Å². The number of rotatable bonds is 2. The summed E-state index contributed by atoms with van der Waals surface area (Å²) in [6.07, 6.45) is 1.56. The summed E-state index contributed by atoms with van der Waals surface area (Å²) < 4.78 is 1.67. The Morgan fingerprint density at radius 3 is 2.53 bits per heavy atom. The molecule has 0 saturated heterocycles. The van der Waals surface area contributed by atoms with Crippen molar-refractivity contribution in [2.45, 2.75) is 13.8 Å². The van der Waals surface area contributed by atoms with E-state index >= 15 is 0 Å². The van der Waals surface area contributed by atoms with Gasteiger partial charge in [-0.2, -0.15) is 5.10 Å². The van der Waals surface area contributed by atoms with Gasteiger partial charge in [-0.15, -0.1) is 0 Å². The minimum Gasteiger partial charge on any atom is -0.294 e. The highest BCUT2D eigenvalue weighted by molar-refractivity contribution is 6.42. The van der Waals surface area contributed by atoms with Gasteiger partial charge in [0.25, 0.3) is 0 Å². The average Bonchev–Trinajstić information content (AvgIpc) is 2.64. The zero-order valence-corrected chi connectivity index (χ0v) is 10.9. The first kappa shape index (κ1) is 12.1. The van der Waals surface area contributed by atoms with Crippen molar-refractivity contribution in [3.63, 3.8) is 0 Å². The van der Waals surface area contributed by atoms with Crippen LogP contribution in [0.4, 0.5) is 0 Å². The Balaban J connectivity index is 2.53. The van der Waals surface area contributed by atoms with Crippen molar-refractivity contribution in [1.29, 1.82) is 0 Å². The molecule has 1 aromatic carbocycles. The molecule has 0 radical (unpaired) electrons. The Bertz CT molecular complexity index is 590. The fourth-order valence-corrected chi connectivity index (χ4v) is 1.92. The molecule has 88 valence electrons. The lowest BCUT2D eigenvalue weighted by Gasteiger charge is -2.06. The molecule has 3 nitrogen and oxygen atoms in total. The molecule has 0 bridgehead atoms. The van der Waals surface area contributed by atoms with E-state index in [1.165, 1.54) is 6.92 Å². The van der Waals surface area contributed by atoms with Gasteiger partial charge < -0.3 is 0 Å². The number of benzene rings is 1.